The number of carbonyl (C=O) groups excluding carboxylic acids is 1. The number of non-ortho nitro benzene ring substituents is 1. The molecule has 10 heteroatoms. The van der Waals surface area contributed by atoms with E-state index < -0.39 is 22.3 Å². The van der Waals surface area contributed by atoms with Crippen molar-refractivity contribution < 1.29 is 28.5 Å². The van der Waals surface area contributed by atoms with Crippen molar-refractivity contribution in [2.75, 3.05) is 0 Å². The first kappa shape index (κ1) is 20.1. The molecule has 0 saturated heterocycles. The summed E-state index contributed by atoms with van der Waals surface area (Å²) in [4.78, 5) is 26.3. The van der Waals surface area contributed by atoms with Crippen LogP contribution in [0.4, 0.5) is 16.3 Å². The first-order chi connectivity index (χ1) is 12.3. The molecule has 0 fully saturated rings. The number of aliphatic imine (C=N–C) groups is 1. The molecule has 0 amide bonds. The molecule has 0 aliphatic carbocycles. The third kappa shape index (κ3) is 5.94. The molecule has 2 rings (SSSR count). The van der Waals surface area contributed by atoms with Gasteiger partial charge in [-0.2, -0.15) is 4.99 Å². The number of rotatable bonds is 2. The summed E-state index contributed by atoms with van der Waals surface area (Å²) in [6.45, 7) is 10.3. The number of benzene rings is 1. The Morgan fingerprint density at radius 1 is 1.15 bits per heavy atom. The standard InChI is InChI=1S/C17H21N3O7/c1-16(2,3)25-14(24-15(21)26-17(4,5)6)18-13-11-8-7-10(20(22)23)9-12(11)27-19-13/h7-9H,1-6H3. The molecule has 1 aromatic heterocycles. The van der Waals surface area contributed by atoms with Gasteiger partial charge < -0.3 is 18.7 Å². The fourth-order valence-corrected chi connectivity index (χ4v) is 1.86. The Morgan fingerprint density at radius 3 is 2.33 bits per heavy atom. The Labute approximate surface area is 155 Å². The maximum atomic E-state index is 11.9. The van der Waals surface area contributed by atoms with Gasteiger partial charge in [0.05, 0.1) is 16.4 Å². The highest BCUT2D eigenvalue weighted by molar-refractivity contribution is 5.91. The highest BCUT2D eigenvalue weighted by Gasteiger charge is 2.24. The van der Waals surface area contributed by atoms with Gasteiger partial charge in [0.1, 0.15) is 11.2 Å². The van der Waals surface area contributed by atoms with Gasteiger partial charge in [0.15, 0.2) is 5.58 Å². The normalized spacial score (nSPS) is 12.7. The van der Waals surface area contributed by atoms with Gasteiger partial charge in [0, 0.05) is 6.07 Å². The third-order valence-corrected chi connectivity index (χ3v) is 2.80. The predicted molar refractivity (Wildman–Crippen MR) is 95.9 cm³/mol. The van der Waals surface area contributed by atoms with Crippen molar-refractivity contribution in [1.82, 2.24) is 5.16 Å². The van der Waals surface area contributed by atoms with Crippen molar-refractivity contribution in [2.45, 2.75) is 52.7 Å². The number of ether oxygens (including phenoxy) is 3. The Morgan fingerprint density at radius 2 is 1.78 bits per heavy atom. The molecule has 27 heavy (non-hydrogen) atoms. The van der Waals surface area contributed by atoms with Gasteiger partial charge in [-0.3, -0.25) is 10.1 Å². The van der Waals surface area contributed by atoms with E-state index in [4.69, 9.17) is 18.7 Å². The van der Waals surface area contributed by atoms with E-state index in [9.17, 15) is 14.9 Å². The minimum absolute atomic E-state index is 0.0442. The summed E-state index contributed by atoms with van der Waals surface area (Å²) in [6.07, 6.45) is -1.38. The Balaban J connectivity index is 2.37. The minimum Gasteiger partial charge on any atom is -0.444 e. The van der Waals surface area contributed by atoms with E-state index in [0.717, 1.165) is 0 Å². The van der Waals surface area contributed by atoms with Gasteiger partial charge >= 0.3 is 12.2 Å². The summed E-state index contributed by atoms with van der Waals surface area (Å²) in [5.41, 5.74) is -1.47. The van der Waals surface area contributed by atoms with E-state index in [1.807, 2.05) is 0 Å². The van der Waals surface area contributed by atoms with Crippen LogP contribution in [0.15, 0.2) is 27.7 Å². The molecule has 2 aromatic rings. The van der Waals surface area contributed by atoms with Gasteiger partial charge in [-0.05, 0) is 47.6 Å². The van der Waals surface area contributed by atoms with Crippen molar-refractivity contribution in [3.8, 4) is 0 Å². The molecule has 0 aliphatic heterocycles. The molecule has 0 radical (unpaired) electrons. The number of aromatic nitrogens is 1. The number of hydrogen-bond acceptors (Lipinski definition) is 9. The van der Waals surface area contributed by atoms with Gasteiger partial charge in [0.2, 0.25) is 5.82 Å². The molecule has 1 aromatic carbocycles. The summed E-state index contributed by atoms with van der Waals surface area (Å²) in [5, 5.41) is 15.0. The van der Waals surface area contributed by atoms with Gasteiger partial charge in [0.25, 0.3) is 5.69 Å². The molecule has 0 bridgehead atoms. The van der Waals surface area contributed by atoms with Crippen molar-refractivity contribution >= 4 is 34.7 Å². The van der Waals surface area contributed by atoms with Crippen molar-refractivity contribution in [1.29, 1.82) is 0 Å². The van der Waals surface area contributed by atoms with Crippen molar-refractivity contribution in [2.24, 2.45) is 4.99 Å². The highest BCUT2D eigenvalue weighted by Crippen LogP contribution is 2.29. The summed E-state index contributed by atoms with van der Waals surface area (Å²) in [7, 11) is 0. The average Bonchev–Trinajstić information content (AvgIpc) is 2.85. The fraction of sp³-hybridized carbons (Fsp3) is 0.471. The van der Waals surface area contributed by atoms with Crippen LogP contribution in [0.3, 0.4) is 0 Å². The first-order valence-electron chi connectivity index (χ1n) is 8.06. The van der Waals surface area contributed by atoms with E-state index in [0.29, 0.717) is 5.39 Å². The van der Waals surface area contributed by atoms with Crippen LogP contribution >= 0.6 is 0 Å². The number of carbonyl (C=O) groups is 1. The molecular weight excluding hydrogens is 358 g/mol. The van der Waals surface area contributed by atoms with Crippen LogP contribution in [0.5, 0.6) is 0 Å². The van der Waals surface area contributed by atoms with Crippen LogP contribution in [0.1, 0.15) is 41.5 Å². The Bertz CT molecular complexity index is 888. The maximum absolute atomic E-state index is 11.9. The number of fused-ring (bicyclic) bond motifs is 1. The Kier molecular flexibility index (Phi) is 5.38. The summed E-state index contributed by atoms with van der Waals surface area (Å²) < 4.78 is 20.8. The molecule has 1 heterocycles. The van der Waals surface area contributed by atoms with Crippen LogP contribution in [0, 0.1) is 10.1 Å². The molecule has 0 aliphatic rings. The van der Waals surface area contributed by atoms with E-state index in [-0.39, 0.29) is 23.2 Å². The Hall–Kier alpha value is -3.17. The van der Waals surface area contributed by atoms with E-state index in [2.05, 4.69) is 10.1 Å². The average molecular weight is 379 g/mol. The predicted octanol–water partition coefficient (Wildman–Crippen LogP) is 4.49. The van der Waals surface area contributed by atoms with E-state index in [1.165, 1.54) is 18.2 Å². The van der Waals surface area contributed by atoms with Gasteiger partial charge in [-0.25, -0.2) is 4.79 Å². The van der Waals surface area contributed by atoms with Crippen molar-refractivity contribution in [3.63, 3.8) is 0 Å². The lowest BCUT2D eigenvalue weighted by Crippen LogP contribution is -2.30. The van der Waals surface area contributed by atoms with E-state index in [1.54, 1.807) is 41.5 Å². The molecule has 0 unspecified atom stereocenters. The monoisotopic (exact) mass is 379 g/mol. The SMILES string of the molecule is CC(C)(C)OC(=O)OC(=Nc1noc2cc([N+](=O)[O-])ccc12)OC(C)(C)C. The second-order valence-electron chi connectivity index (χ2n) is 7.60. The molecule has 0 saturated carbocycles. The topological polar surface area (TPSA) is 126 Å². The van der Waals surface area contributed by atoms with Gasteiger partial charge in [-0.1, -0.05) is 5.16 Å². The van der Waals surface area contributed by atoms with Crippen LogP contribution in [-0.4, -0.2) is 33.5 Å². The molecule has 146 valence electrons. The van der Waals surface area contributed by atoms with Gasteiger partial charge in [-0.15, -0.1) is 0 Å². The fourth-order valence-electron chi connectivity index (χ4n) is 1.86. The summed E-state index contributed by atoms with van der Waals surface area (Å²) in [5.74, 6) is 0.0442. The zero-order valence-electron chi connectivity index (χ0n) is 15.9. The molecule has 10 nitrogen and oxygen atoms in total. The third-order valence-electron chi connectivity index (χ3n) is 2.80. The first-order valence-corrected chi connectivity index (χ1v) is 8.06. The largest absolute Gasteiger partial charge is 0.517 e. The lowest BCUT2D eigenvalue weighted by molar-refractivity contribution is -0.384. The van der Waals surface area contributed by atoms with Crippen LogP contribution in [-0.2, 0) is 14.2 Å². The van der Waals surface area contributed by atoms with Crippen LogP contribution < -0.4 is 0 Å². The second-order valence-corrected chi connectivity index (χ2v) is 7.60. The molecular formula is C17H21N3O7. The zero-order valence-corrected chi connectivity index (χ0v) is 15.9. The lowest BCUT2D eigenvalue weighted by atomic mass is 10.2. The molecule has 0 atom stereocenters. The summed E-state index contributed by atoms with van der Waals surface area (Å²) in [6, 6.07) is 3.95. The lowest BCUT2D eigenvalue weighted by Gasteiger charge is -2.22. The van der Waals surface area contributed by atoms with Crippen molar-refractivity contribution in [3.05, 3.63) is 28.3 Å². The number of nitrogens with zero attached hydrogens (tertiary/aromatic N) is 3. The highest BCUT2D eigenvalue weighted by atomic mass is 16.8. The number of nitro groups is 1. The molecule has 0 N–H and O–H groups in total. The molecule has 0 spiro atoms. The quantitative estimate of drug-likeness (QED) is 0.245. The second kappa shape index (κ2) is 7.22. The van der Waals surface area contributed by atoms with Crippen LogP contribution in [0.25, 0.3) is 11.0 Å². The van der Waals surface area contributed by atoms with Crippen LogP contribution in [0.2, 0.25) is 0 Å². The smallest absolute Gasteiger partial charge is 0.444 e. The zero-order chi connectivity index (χ0) is 20.4. The maximum Gasteiger partial charge on any atom is 0.517 e. The van der Waals surface area contributed by atoms with E-state index >= 15 is 0 Å². The summed E-state index contributed by atoms with van der Waals surface area (Å²) >= 11 is 0. The number of nitro benzene ring substituents is 1. The number of hydrogen-bond donors (Lipinski definition) is 0. The minimum atomic E-state index is -0.992.